The minimum Gasteiger partial charge on any atom is -0.478 e. The normalized spacial score (nSPS) is 11.4. The van der Waals surface area contributed by atoms with Crippen molar-refractivity contribution in [3.8, 4) is 0 Å². The van der Waals surface area contributed by atoms with Crippen molar-refractivity contribution in [1.82, 2.24) is 9.88 Å². The van der Waals surface area contributed by atoms with Gasteiger partial charge in [0.05, 0.1) is 12.1 Å². The van der Waals surface area contributed by atoms with Gasteiger partial charge in [0.15, 0.2) is 0 Å². The lowest BCUT2D eigenvalue weighted by Crippen LogP contribution is -2.27. The van der Waals surface area contributed by atoms with Crippen molar-refractivity contribution in [3.63, 3.8) is 0 Å². The number of rotatable bonds is 5. The zero-order valence-corrected chi connectivity index (χ0v) is 13.9. The van der Waals surface area contributed by atoms with Gasteiger partial charge in [0, 0.05) is 25.0 Å². The third-order valence-corrected chi connectivity index (χ3v) is 3.90. The Kier molecular flexibility index (Phi) is 5.41. The number of hydrogen-bond acceptors (Lipinski definition) is 5. The van der Waals surface area contributed by atoms with Crippen LogP contribution in [0.1, 0.15) is 32.2 Å². The third-order valence-electron chi connectivity index (χ3n) is 3.15. The van der Waals surface area contributed by atoms with Crippen LogP contribution in [0, 0.1) is 6.92 Å². The largest absolute Gasteiger partial charge is 0.478 e. The Bertz CT molecular complexity index is 804. The van der Waals surface area contributed by atoms with Gasteiger partial charge in [-0.05, 0) is 25.1 Å². The Labute approximate surface area is 144 Å². The van der Waals surface area contributed by atoms with Crippen LogP contribution in [0.5, 0.6) is 0 Å². The number of carboxylic acids is 1. The number of furan rings is 1. The van der Waals surface area contributed by atoms with Crippen LogP contribution >= 0.6 is 11.8 Å². The van der Waals surface area contributed by atoms with Gasteiger partial charge in [-0.2, -0.15) is 13.2 Å². The maximum atomic E-state index is 12.6. The number of carbonyl (C=O) groups is 2. The number of aromatic carboxylic acids is 1. The predicted molar refractivity (Wildman–Crippen MR) is 82.4 cm³/mol. The number of halogens is 3. The molecule has 0 radical (unpaired) electrons. The molecule has 0 atom stereocenters. The summed E-state index contributed by atoms with van der Waals surface area (Å²) in [6, 6.07) is 3.88. The summed E-state index contributed by atoms with van der Waals surface area (Å²) in [7, 11) is 1.37. The van der Waals surface area contributed by atoms with Crippen molar-refractivity contribution in [1.29, 1.82) is 0 Å². The molecule has 2 heterocycles. The molecule has 2 rings (SSSR count). The SMILES string of the molecule is Cc1oc(CN(C)C(=O)c2cccnc2SC(F)(F)F)cc1C(=O)O. The number of carboxylic acid groups (broad SMARTS) is 1. The van der Waals surface area contributed by atoms with Crippen LogP contribution in [0.15, 0.2) is 33.8 Å². The molecular formula is C15H13F3N2O4S. The molecule has 0 unspecified atom stereocenters. The van der Waals surface area contributed by atoms with Crippen molar-refractivity contribution < 1.29 is 32.3 Å². The molecule has 1 N–H and O–H groups in total. The first-order valence-electron chi connectivity index (χ1n) is 6.87. The quantitative estimate of drug-likeness (QED) is 0.806. The fourth-order valence-electron chi connectivity index (χ4n) is 2.09. The molecule has 0 spiro atoms. The number of hydrogen-bond donors (Lipinski definition) is 1. The average Bonchev–Trinajstić information content (AvgIpc) is 2.86. The van der Waals surface area contributed by atoms with Crippen LogP contribution in [0.2, 0.25) is 0 Å². The summed E-state index contributed by atoms with van der Waals surface area (Å²) in [5.74, 6) is -1.47. The Morgan fingerprint density at radius 1 is 1.36 bits per heavy atom. The summed E-state index contributed by atoms with van der Waals surface area (Å²) in [5, 5.41) is 8.54. The lowest BCUT2D eigenvalue weighted by Gasteiger charge is -2.17. The highest BCUT2D eigenvalue weighted by Crippen LogP contribution is 2.37. The molecule has 10 heteroatoms. The van der Waals surface area contributed by atoms with Gasteiger partial charge in [0.2, 0.25) is 0 Å². The van der Waals surface area contributed by atoms with Crippen molar-refractivity contribution in [2.75, 3.05) is 7.05 Å². The van der Waals surface area contributed by atoms with E-state index in [0.717, 1.165) is 4.90 Å². The summed E-state index contributed by atoms with van der Waals surface area (Å²) in [5.41, 5.74) is -4.81. The number of aromatic nitrogens is 1. The molecule has 1 amide bonds. The van der Waals surface area contributed by atoms with Crippen LogP contribution in [0.3, 0.4) is 0 Å². The van der Waals surface area contributed by atoms with E-state index in [4.69, 9.17) is 9.52 Å². The number of amides is 1. The lowest BCUT2D eigenvalue weighted by atomic mass is 10.2. The molecule has 0 saturated carbocycles. The second-order valence-corrected chi connectivity index (χ2v) is 6.11. The highest BCUT2D eigenvalue weighted by Gasteiger charge is 2.33. The zero-order chi connectivity index (χ0) is 18.8. The minimum absolute atomic E-state index is 0.0365. The number of nitrogens with zero attached hydrogens (tertiary/aromatic N) is 2. The van der Waals surface area contributed by atoms with Gasteiger partial charge < -0.3 is 14.4 Å². The molecule has 134 valence electrons. The first-order valence-corrected chi connectivity index (χ1v) is 7.69. The summed E-state index contributed by atoms with van der Waals surface area (Å²) in [6.07, 6.45) is 1.17. The third kappa shape index (κ3) is 4.75. The average molecular weight is 374 g/mol. The lowest BCUT2D eigenvalue weighted by molar-refractivity contribution is -0.0329. The molecule has 0 bridgehead atoms. The van der Waals surface area contributed by atoms with Crippen LogP contribution in [-0.2, 0) is 6.54 Å². The van der Waals surface area contributed by atoms with Crippen molar-refractivity contribution in [2.24, 2.45) is 0 Å². The molecule has 2 aromatic heterocycles. The second kappa shape index (κ2) is 7.18. The van der Waals surface area contributed by atoms with E-state index in [9.17, 15) is 22.8 Å². The Balaban J connectivity index is 2.20. The van der Waals surface area contributed by atoms with E-state index in [0.29, 0.717) is 0 Å². The highest BCUT2D eigenvalue weighted by atomic mass is 32.2. The summed E-state index contributed by atoms with van der Waals surface area (Å²) >= 11 is -0.470. The Morgan fingerprint density at radius 3 is 2.60 bits per heavy atom. The molecule has 0 aliphatic carbocycles. The standard InChI is InChI=1S/C15H13F3N2O4S/c1-8-11(14(22)23)6-9(24-8)7-20(2)13(21)10-4-3-5-19-12(10)25-15(16,17)18/h3-6H,7H2,1-2H3,(H,22,23). The van der Waals surface area contributed by atoms with E-state index in [1.165, 1.54) is 38.4 Å². The number of pyridine rings is 1. The molecular weight excluding hydrogens is 361 g/mol. The first kappa shape index (κ1) is 18.8. The van der Waals surface area contributed by atoms with Crippen molar-refractivity contribution in [3.05, 3.63) is 47.0 Å². The van der Waals surface area contributed by atoms with Crippen LogP contribution < -0.4 is 0 Å². The Hall–Kier alpha value is -2.49. The molecule has 25 heavy (non-hydrogen) atoms. The van der Waals surface area contributed by atoms with Gasteiger partial charge in [0.1, 0.15) is 22.1 Å². The van der Waals surface area contributed by atoms with E-state index in [1.807, 2.05) is 0 Å². The van der Waals surface area contributed by atoms with Crippen LogP contribution in [0.4, 0.5) is 13.2 Å². The van der Waals surface area contributed by atoms with Gasteiger partial charge in [-0.25, -0.2) is 9.78 Å². The number of thioether (sulfide) groups is 1. The van der Waals surface area contributed by atoms with Crippen molar-refractivity contribution in [2.45, 2.75) is 24.0 Å². The van der Waals surface area contributed by atoms with Crippen molar-refractivity contribution >= 4 is 23.6 Å². The van der Waals surface area contributed by atoms with Gasteiger partial charge in [-0.3, -0.25) is 4.79 Å². The monoisotopic (exact) mass is 374 g/mol. The number of carbonyl (C=O) groups excluding carboxylic acids is 1. The van der Waals surface area contributed by atoms with Gasteiger partial charge in [-0.15, -0.1) is 0 Å². The van der Waals surface area contributed by atoms with Crippen LogP contribution in [0.25, 0.3) is 0 Å². The zero-order valence-electron chi connectivity index (χ0n) is 13.1. The predicted octanol–water partition coefficient (Wildman–Crippen LogP) is 3.57. The molecule has 0 aliphatic heterocycles. The van der Waals surface area contributed by atoms with Gasteiger partial charge >= 0.3 is 11.5 Å². The molecule has 0 saturated heterocycles. The van der Waals surface area contributed by atoms with Crippen LogP contribution in [-0.4, -0.2) is 39.4 Å². The summed E-state index contributed by atoms with van der Waals surface area (Å²) in [4.78, 5) is 28.2. The van der Waals surface area contributed by atoms with E-state index in [2.05, 4.69) is 4.98 Å². The first-order chi connectivity index (χ1) is 11.6. The van der Waals surface area contributed by atoms with E-state index >= 15 is 0 Å². The molecule has 0 fully saturated rings. The topological polar surface area (TPSA) is 83.6 Å². The smallest absolute Gasteiger partial charge is 0.447 e. The molecule has 6 nitrogen and oxygen atoms in total. The van der Waals surface area contributed by atoms with E-state index < -0.39 is 34.2 Å². The maximum absolute atomic E-state index is 12.6. The maximum Gasteiger partial charge on any atom is 0.447 e. The summed E-state index contributed by atoms with van der Waals surface area (Å²) in [6.45, 7) is 1.37. The summed E-state index contributed by atoms with van der Waals surface area (Å²) < 4.78 is 43.0. The van der Waals surface area contributed by atoms with E-state index in [-0.39, 0.29) is 29.2 Å². The van der Waals surface area contributed by atoms with Gasteiger partial charge in [0.25, 0.3) is 5.91 Å². The Morgan fingerprint density at radius 2 is 2.04 bits per heavy atom. The van der Waals surface area contributed by atoms with Gasteiger partial charge in [-0.1, -0.05) is 0 Å². The number of aryl methyl sites for hydroxylation is 1. The minimum atomic E-state index is -4.57. The molecule has 0 aliphatic rings. The number of alkyl halides is 3. The fourth-order valence-corrected chi connectivity index (χ4v) is 2.69. The fraction of sp³-hybridized carbons (Fsp3) is 0.267. The van der Waals surface area contributed by atoms with E-state index in [1.54, 1.807) is 0 Å². The second-order valence-electron chi connectivity index (χ2n) is 5.05. The molecule has 2 aromatic rings. The molecule has 0 aromatic carbocycles. The highest BCUT2D eigenvalue weighted by molar-refractivity contribution is 8.00.